The van der Waals surface area contributed by atoms with Gasteiger partial charge in [0.1, 0.15) is 0 Å². The average molecular weight is 456 g/mol. The number of halogens is 1. The van der Waals surface area contributed by atoms with E-state index in [0.29, 0.717) is 12.1 Å². The molecule has 0 spiro atoms. The summed E-state index contributed by atoms with van der Waals surface area (Å²) in [5.41, 5.74) is 1.41. The molecule has 2 atom stereocenters. The van der Waals surface area contributed by atoms with E-state index in [0.717, 1.165) is 38.1 Å². The van der Waals surface area contributed by atoms with E-state index in [1.54, 1.807) is 0 Å². The van der Waals surface area contributed by atoms with Crippen LogP contribution in [0.4, 0.5) is 0 Å². The summed E-state index contributed by atoms with van der Waals surface area (Å²) in [6.45, 7) is 8.61. The molecule has 5 heteroatoms. The number of rotatable bonds is 6. The van der Waals surface area contributed by atoms with Crippen molar-refractivity contribution in [3.63, 3.8) is 0 Å². The lowest BCUT2D eigenvalue weighted by Crippen LogP contribution is -2.51. The zero-order valence-corrected chi connectivity index (χ0v) is 17.9. The average Bonchev–Trinajstić information content (AvgIpc) is 3.41. The molecular formula is C20H33IN4. The Hall–Kier alpha value is -0.820. The molecule has 2 N–H and O–H groups in total. The standard InChI is InChI=1S/C20H32N4.HI/c1-3-21-20(22-14-17-9-10-17)23-19-11-12-24(16(2)13-19)15-18-7-5-4-6-8-18;/h4-8,16-17,19H,3,9-15H2,1-2H3,(H2,21,22,23);1H. The summed E-state index contributed by atoms with van der Waals surface area (Å²) in [6, 6.07) is 11.9. The number of likely N-dealkylation sites (tertiary alicyclic amines) is 1. The second kappa shape index (κ2) is 10.4. The molecule has 0 radical (unpaired) electrons. The molecule has 1 heterocycles. The summed E-state index contributed by atoms with van der Waals surface area (Å²) in [5.74, 6) is 1.85. The van der Waals surface area contributed by atoms with Crippen molar-refractivity contribution in [1.82, 2.24) is 15.5 Å². The van der Waals surface area contributed by atoms with Gasteiger partial charge in [0.2, 0.25) is 0 Å². The van der Waals surface area contributed by atoms with E-state index in [2.05, 4.69) is 59.7 Å². The number of piperidine rings is 1. The summed E-state index contributed by atoms with van der Waals surface area (Å²) in [5, 5.41) is 7.07. The number of hydrogen-bond acceptors (Lipinski definition) is 2. The summed E-state index contributed by atoms with van der Waals surface area (Å²) in [4.78, 5) is 7.36. The van der Waals surface area contributed by atoms with Crippen LogP contribution in [0, 0.1) is 5.92 Å². The molecule has 2 unspecified atom stereocenters. The first-order valence-corrected chi connectivity index (χ1v) is 9.57. The number of benzene rings is 1. The number of nitrogens with zero attached hydrogens (tertiary/aromatic N) is 2. The van der Waals surface area contributed by atoms with Gasteiger partial charge in [-0.05, 0) is 51.0 Å². The van der Waals surface area contributed by atoms with Gasteiger partial charge in [-0.3, -0.25) is 9.89 Å². The highest BCUT2D eigenvalue weighted by Gasteiger charge is 2.26. The molecule has 2 fully saturated rings. The van der Waals surface area contributed by atoms with Gasteiger partial charge < -0.3 is 10.6 Å². The van der Waals surface area contributed by atoms with Crippen LogP contribution in [0.15, 0.2) is 35.3 Å². The zero-order chi connectivity index (χ0) is 16.8. The summed E-state index contributed by atoms with van der Waals surface area (Å²) < 4.78 is 0. The van der Waals surface area contributed by atoms with Crippen LogP contribution in [0.1, 0.15) is 45.1 Å². The first-order chi connectivity index (χ1) is 11.7. The second-order valence-corrected chi connectivity index (χ2v) is 7.33. The van der Waals surface area contributed by atoms with E-state index in [4.69, 9.17) is 4.99 Å². The quantitative estimate of drug-likeness (QED) is 0.390. The van der Waals surface area contributed by atoms with E-state index in [1.807, 2.05) is 0 Å². The number of guanidine groups is 1. The van der Waals surface area contributed by atoms with Crippen molar-refractivity contribution in [1.29, 1.82) is 0 Å². The maximum atomic E-state index is 4.76. The largest absolute Gasteiger partial charge is 0.357 e. The highest BCUT2D eigenvalue weighted by Crippen LogP contribution is 2.28. The maximum absolute atomic E-state index is 4.76. The lowest BCUT2D eigenvalue weighted by atomic mass is 9.97. The molecule has 1 aromatic rings. The smallest absolute Gasteiger partial charge is 0.191 e. The maximum Gasteiger partial charge on any atom is 0.191 e. The van der Waals surface area contributed by atoms with Crippen molar-refractivity contribution >= 4 is 29.9 Å². The van der Waals surface area contributed by atoms with Crippen molar-refractivity contribution in [2.75, 3.05) is 19.6 Å². The van der Waals surface area contributed by atoms with Crippen LogP contribution in [0.25, 0.3) is 0 Å². The fourth-order valence-corrected chi connectivity index (χ4v) is 3.44. The van der Waals surface area contributed by atoms with Gasteiger partial charge in [0.05, 0.1) is 0 Å². The molecule has 1 saturated carbocycles. The van der Waals surface area contributed by atoms with Gasteiger partial charge in [-0.2, -0.15) is 0 Å². The summed E-state index contributed by atoms with van der Waals surface area (Å²) in [7, 11) is 0. The van der Waals surface area contributed by atoms with Crippen LogP contribution < -0.4 is 10.6 Å². The van der Waals surface area contributed by atoms with E-state index in [9.17, 15) is 0 Å². The minimum atomic E-state index is 0. The van der Waals surface area contributed by atoms with Gasteiger partial charge in [0, 0.05) is 38.3 Å². The predicted molar refractivity (Wildman–Crippen MR) is 117 cm³/mol. The molecule has 2 aliphatic rings. The Morgan fingerprint density at radius 1 is 1.20 bits per heavy atom. The molecule has 1 saturated heterocycles. The Kier molecular flexibility index (Phi) is 8.49. The van der Waals surface area contributed by atoms with Gasteiger partial charge in [0.15, 0.2) is 5.96 Å². The van der Waals surface area contributed by atoms with Crippen molar-refractivity contribution in [2.24, 2.45) is 10.9 Å². The van der Waals surface area contributed by atoms with Crippen molar-refractivity contribution < 1.29 is 0 Å². The lowest BCUT2D eigenvalue weighted by Gasteiger charge is -2.38. The third-order valence-electron chi connectivity index (χ3n) is 5.13. The molecule has 1 aliphatic heterocycles. The first-order valence-electron chi connectivity index (χ1n) is 9.57. The normalized spacial score (nSPS) is 24.5. The van der Waals surface area contributed by atoms with E-state index >= 15 is 0 Å². The van der Waals surface area contributed by atoms with Crippen LogP contribution in [0.2, 0.25) is 0 Å². The minimum Gasteiger partial charge on any atom is -0.357 e. The topological polar surface area (TPSA) is 39.7 Å². The summed E-state index contributed by atoms with van der Waals surface area (Å²) >= 11 is 0. The molecule has 0 bridgehead atoms. The fourth-order valence-electron chi connectivity index (χ4n) is 3.44. The summed E-state index contributed by atoms with van der Waals surface area (Å²) in [6.07, 6.45) is 5.08. The number of nitrogens with one attached hydrogen (secondary N) is 2. The second-order valence-electron chi connectivity index (χ2n) is 7.33. The number of hydrogen-bond donors (Lipinski definition) is 2. The molecule has 3 rings (SSSR count). The Morgan fingerprint density at radius 3 is 2.60 bits per heavy atom. The molecule has 1 aromatic carbocycles. The van der Waals surface area contributed by atoms with E-state index < -0.39 is 0 Å². The molecular weight excluding hydrogens is 423 g/mol. The Labute approximate surface area is 169 Å². The number of aliphatic imine (C=N–C) groups is 1. The highest BCUT2D eigenvalue weighted by atomic mass is 127. The van der Waals surface area contributed by atoms with Crippen LogP contribution >= 0.6 is 24.0 Å². The van der Waals surface area contributed by atoms with Crippen LogP contribution in [0.3, 0.4) is 0 Å². The van der Waals surface area contributed by atoms with Crippen molar-refractivity contribution in [2.45, 2.75) is 58.2 Å². The first kappa shape index (κ1) is 20.5. The predicted octanol–water partition coefficient (Wildman–Crippen LogP) is 3.62. The third-order valence-corrected chi connectivity index (χ3v) is 5.13. The van der Waals surface area contributed by atoms with Gasteiger partial charge in [-0.1, -0.05) is 30.3 Å². The van der Waals surface area contributed by atoms with Gasteiger partial charge >= 0.3 is 0 Å². The highest BCUT2D eigenvalue weighted by molar-refractivity contribution is 14.0. The molecule has 1 aliphatic carbocycles. The van der Waals surface area contributed by atoms with Crippen molar-refractivity contribution in [3.8, 4) is 0 Å². The van der Waals surface area contributed by atoms with Gasteiger partial charge in [-0.25, -0.2) is 0 Å². The molecule has 4 nitrogen and oxygen atoms in total. The molecule has 0 amide bonds. The lowest BCUT2D eigenvalue weighted by molar-refractivity contribution is 0.134. The monoisotopic (exact) mass is 456 g/mol. The Bertz CT molecular complexity index is 530. The Morgan fingerprint density at radius 2 is 1.96 bits per heavy atom. The molecule has 0 aromatic heterocycles. The molecule has 140 valence electrons. The van der Waals surface area contributed by atoms with Crippen LogP contribution in [0.5, 0.6) is 0 Å². The molecule has 25 heavy (non-hydrogen) atoms. The third kappa shape index (κ3) is 6.77. The SMILES string of the molecule is CCNC(=NCC1CC1)NC1CCN(Cc2ccccc2)C(C)C1.I. The van der Waals surface area contributed by atoms with Crippen molar-refractivity contribution in [3.05, 3.63) is 35.9 Å². The zero-order valence-electron chi connectivity index (χ0n) is 15.6. The Balaban J connectivity index is 0.00000225. The van der Waals surface area contributed by atoms with E-state index in [1.165, 1.54) is 31.2 Å². The fraction of sp³-hybridized carbons (Fsp3) is 0.650. The van der Waals surface area contributed by atoms with Crippen LogP contribution in [-0.2, 0) is 6.54 Å². The van der Waals surface area contributed by atoms with Gasteiger partial charge in [0.25, 0.3) is 0 Å². The van der Waals surface area contributed by atoms with Crippen LogP contribution in [-0.4, -0.2) is 42.6 Å². The minimum absolute atomic E-state index is 0. The van der Waals surface area contributed by atoms with E-state index in [-0.39, 0.29) is 24.0 Å². The van der Waals surface area contributed by atoms with Gasteiger partial charge in [-0.15, -0.1) is 24.0 Å².